The fourth-order valence-corrected chi connectivity index (χ4v) is 1.55. The fraction of sp³-hybridized carbons (Fsp3) is 0.600. The summed E-state index contributed by atoms with van der Waals surface area (Å²) in [7, 11) is 0. The molecule has 1 aromatic heterocycles. The molecule has 15 heavy (non-hydrogen) atoms. The van der Waals surface area contributed by atoms with Gasteiger partial charge >= 0.3 is 0 Å². The average molecular weight is 209 g/mol. The molecule has 1 fully saturated rings. The molecule has 1 unspecified atom stereocenters. The SMILES string of the molecule is Cc1nc(N)cc(OCC2CCOC2)n1. The standard InChI is InChI=1S/C10H15N3O2/c1-7-12-9(11)4-10(13-7)15-6-8-2-3-14-5-8/h4,8H,2-3,5-6H2,1H3,(H2,11,12,13). The predicted molar refractivity (Wildman–Crippen MR) is 55.6 cm³/mol. The Morgan fingerprint density at radius 1 is 1.60 bits per heavy atom. The number of aryl methyl sites for hydroxylation is 1. The van der Waals surface area contributed by atoms with Crippen LogP contribution in [0.4, 0.5) is 5.82 Å². The Bertz CT molecular complexity index is 317. The normalized spacial score (nSPS) is 20.5. The van der Waals surface area contributed by atoms with E-state index in [0.29, 0.717) is 30.0 Å². The summed E-state index contributed by atoms with van der Waals surface area (Å²) >= 11 is 0. The largest absolute Gasteiger partial charge is 0.477 e. The van der Waals surface area contributed by atoms with Crippen LogP contribution < -0.4 is 10.5 Å². The van der Waals surface area contributed by atoms with Crippen molar-refractivity contribution in [1.82, 2.24) is 9.97 Å². The number of nitrogens with zero attached hydrogens (tertiary/aromatic N) is 2. The molecule has 1 atom stereocenters. The number of hydrogen-bond acceptors (Lipinski definition) is 5. The third-order valence-electron chi connectivity index (χ3n) is 2.33. The molecule has 5 nitrogen and oxygen atoms in total. The highest BCUT2D eigenvalue weighted by molar-refractivity contribution is 5.32. The van der Waals surface area contributed by atoms with E-state index in [1.54, 1.807) is 13.0 Å². The van der Waals surface area contributed by atoms with Crippen molar-refractivity contribution < 1.29 is 9.47 Å². The molecule has 0 bridgehead atoms. The maximum absolute atomic E-state index is 5.59. The topological polar surface area (TPSA) is 70.3 Å². The minimum Gasteiger partial charge on any atom is -0.477 e. The molecule has 0 saturated carbocycles. The summed E-state index contributed by atoms with van der Waals surface area (Å²) in [6.07, 6.45) is 1.06. The lowest BCUT2D eigenvalue weighted by atomic mass is 10.1. The maximum atomic E-state index is 5.59. The van der Waals surface area contributed by atoms with Crippen molar-refractivity contribution in [3.8, 4) is 5.88 Å². The molecular formula is C10H15N3O2. The highest BCUT2D eigenvalue weighted by Crippen LogP contribution is 2.16. The van der Waals surface area contributed by atoms with Crippen LogP contribution in [0, 0.1) is 12.8 Å². The summed E-state index contributed by atoms with van der Waals surface area (Å²) in [5.41, 5.74) is 5.59. The Balaban J connectivity index is 1.92. The maximum Gasteiger partial charge on any atom is 0.218 e. The van der Waals surface area contributed by atoms with Crippen molar-refractivity contribution in [3.05, 3.63) is 11.9 Å². The highest BCUT2D eigenvalue weighted by Gasteiger charge is 2.16. The molecule has 0 amide bonds. The third-order valence-corrected chi connectivity index (χ3v) is 2.33. The van der Waals surface area contributed by atoms with E-state index in [1.165, 1.54) is 0 Å². The van der Waals surface area contributed by atoms with E-state index < -0.39 is 0 Å². The second kappa shape index (κ2) is 4.44. The van der Waals surface area contributed by atoms with E-state index in [0.717, 1.165) is 19.6 Å². The molecule has 1 saturated heterocycles. The zero-order chi connectivity index (χ0) is 10.7. The molecule has 0 aliphatic carbocycles. The number of anilines is 1. The molecule has 82 valence electrons. The van der Waals surface area contributed by atoms with Gasteiger partial charge in [0.1, 0.15) is 11.6 Å². The minimum absolute atomic E-state index is 0.445. The number of aromatic nitrogens is 2. The first-order chi connectivity index (χ1) is 7.24. The lowest BCUT2D eigenvalue weighted by Crippen LogP contribution is -2.13. The van der Waals surface area contributed by atoms with E-state index >= 15 is 0 Å². The van der Waals surface area contributed by atoms with Gasteiger partial charge in [0, 0.05) is 18.6 Å². The summed E-state index contributed by atoms with van der Waals surface area (Å²) in [6.45, 7) is 4.04. The van der Waals surface area contributed by atoms with Gasteiger partial charge in [-0.1, -0.05) is 0 Å². The van der Waals surface area contributed by atoms with Crippen molar-refractivity contribution in [2.24, 2.45) is 5.92 Å². The molecule has 1 aromatic rings. The summed E-state index contributed by atoms with van der Waals surface area (Å²) < 4.78 is 10.8. The van der Waals surface area contributed by atoms with E-state index in [-0.39, 0.29) is 0 Å². The lowest BCUT2D eigenvalue weighted by Gasteiger charge is -2.09. The summed E-state index contributed by atoms with van der Waals surface area (Å²) in [5.74, 6) is 2.10. The molecule has 5 heteroatoms. The summed E-state index contributed by atoms with van der Waals surface area (Å²) in [6, 6.07) is 1.64. The van der Waals surface area contributed by atoms with Crippen LogP contribution in [0.1, 0.15) is 12.2 Å². The number of rotatable bonds is 3. The zero-order valence-electron chi connectivity index (χ0n) is 8.77. The smallest absolute Gasteiger partial charge is 0.218 e. The first-order valence-electron chi connectivity index (χ1n) is 5.06. The first-order valence-corrected chi connectivity index (χ1v) is 5.06. The molecule has 0 radical (unpaired) electrons. The van der Waals surface area contributed by atoms with E-state index in [4.69, 9.17) is 15.2 Å². The molecule has 0 aromatic carbocycles. The molecule has 2 rings (SSSR count). The van der Waals surface area contributed by atoms with Gasteiger partial charge in [0.15, 0.2) is 0 Å². The van der Waals surface area contributed by atoms with Gasteiger partial charge in [-0.15, -0.1) is 0 Å². The van der Waals surface area contributed by atoms with Gasteiger partial charge in [0.25, 0.3) is 0 Å². The van der Waals surface area contributed by atoms with E-state index in [1.807, 2.05) is 0 Å². The molecule has 0 spiro atoms. The van der Waals surface area contributed by atoms with Crippen molar-refractivity contribution in [3.63, 3.8) is 0 Å². The Morgan fingerprint density at radius 3 is 3.13 bits per heavy atom. The predicted octanol–water partition coefficient (Wildman–Crippen LogP) is 0.783. The molecule has 2 heterocycles. The van der Waals surface area contributed by atoms with Crippen LogP contribution in [-0.4, -0.2) is 29.8 Å². The van der Waals surface area contributed by atoms with Crippen molar-refractivity contribution in [2.45, 2.75) is 13.3 Å². The first kappa shape index (κ1) is 10.2. The van der Waals surface area contributed by atoms with Crippen LogP contribution in [0.3, 0.4) is 0 Å². The van der Waals surface area contributed by atoms with Crippen molar-refractivity contribution in [2.75, 3.05) is 25.6 Å². The fourth-order valence-electron chi connectivity index (χ4n) is 1.55. The van der Waals surface area contributed by atoms with Gasteiger partial charge in [-0.25, -0.2) is 4.98 Å². The zero-order valence-corrected chi connectivity index (χ0v) is 8.77. The van der Waals surface area contributed by atoms with Crippen LogP contribution >= 0.6 is 0 Å². The number of nitrogen functional groups attached to an aromatic ring is 1. The molecular weight excluding hydrogens is 194 g/mol. The van der Waals surface area contributed by atoms with Gasteiger partial charge in [0.05, 0.1) is 13.2 Å². The van der Waals surface area contributed by atoms with E-state index in [9.17, 15) is 0 Å². The number of hydrogen-bond donors (Lipinski definition) is 1. The van der Waals surface area contributed by atoms with Gasteiger partial charge in [-0.3, -0.25) is 0 Å². The van der Waals surface area contributed by atoms with Crippen molar-refractivity contribution in [1.29, 1.82) is 0 Å². The molecule has 1 aliphatic rings. The lowest BCUT2D eigenvalue weighted by molar-refractivity contribution is 0.165. The Labute approximate surface area is 88.6 Å². The molecule has 1 aliphatic heterocycles. The Kier molecular flexibility index (Phi) is 3.01. The number of ether oxygens (including phenoxy) is 2. The van der Waals surface area contributed by atoms with Crippen LogP contribution in [0.2, 0.25) is 0 Å². The minimum atomic E-state index is 0.445. The van der Waals surface area contributed by atoms with Gasteiger partial charge in [-0.2, -0.15) is 4.98 Å². The Morgan fingerprint density at radius 2 is 2.47 bits per heavy atom. The van der Waals surface area contributed by atoms with Gasteiger partial charge in [-0.05, 0) is 13.3 Å². The Hall–Kier alpha value is -1.36. The van der Waals surface area contributed by atoms with Crippen LogP contribution in [0.15, 0.2) is 6.07 Å². The highest BCUT2D eigenvalue weighted by atomic mass is 16.5. The summed E-state index contributed by atoms with van der Waals surface area (Å²) in [4.78, 5) is 8.12. The van der Waals surface area contributed by atoms with Gasteiger partial charge < -0.3 is 15.2 Å². The second-order valence-electron chi connectivity index (χ2n) is 3.72. The van der Waals surface area contributed by atoms with Crippen LogP contribution in [-0.2, 0) is 4.74 Å². The van der Waals surface area contributed by atoms with Crippen LogP contribution in [0.5, 0.6) is 5.88 Å². The van der Waals surface area contributed by atoms with Crippen molar-refractivity contribution >= 4 is 5.82 Å². The second-order valence-corrected chi connectivity index (χ2v) is 3.72. The monoisotopic (exact) mass is 209 g/mol. The van der Waals surface area contributed by atoms with Crippen LogP contribution in [0.25, 0.3) is 0 Å². The number of nitrogens with two attached hydrogens (primary N) is 1. The van der Waals surface area contributed by atoms with E-state index in [2.05, 4.69) is 9.97 Å². The quantitative estimate of drug-likeness (QED) is 0.796. The van der Waals surface area contributed by atoms with Gasteiger partial charge in [0.2, 0.25) is 5.88 Å². The summed E-state index contributed by atoms with van der Waals surface area (Å²) in [5, 5.41) is 0. The average Bonchev–Trinajstić information content (AvgIpc) is 2.65. The third kappa shape index (κ3) is 2.79. The molecule has 2 N–H and O–H groups in total.